The highest BCUT2D eigenvalue weighted by molar-refractivity contribution is 6.31. The van der Waals surface area contributed by atoms with Gasteiger partial charge < -0.3 is 10.2 Å². The lowest BCUT2D eigenvalue weighted by Crippen LogP contribution is -2.52. The van der Waals surface area contributed by atoms with Crippen LogP contribution in [-0.2, 0) is 29.0 Å². The molecule has 1 fully saturated rings. The minimum atomic E-state index is -0.811. The van der Waals surface area contributed by atoms with Crippen molar-refractivity contribution in [3.05, 3.63) is 111 Å². The molecule has 37 heavy (non-hydrogen) atoms. The molecule has 1 atom stereocenters. The van der Waals surface area contributed by atoms with E-state index < -0.39 is 11.0 Å². The zero-order chi connectivity index (χ0) is 26.2. The number of para-hydroxylation sites is 1. The maximum atomic E-state index is 13.9. The lowest BCUT2D eigenvalue weighted by atomic mass is 10.0. The van der Waals surface area contributed by atoms with Crippen LogP contribution in [0.15, 0.2) is 78.9 Å². The number of carbonyl (C=O) groups excluding carboxylic acids is 2. The second-order valence-electron chi connectivity index (χ2n) is 9.37. The van der Waals surface area contributed by atoms with E-state index in [1.54, 1.807) is 30.3 Å². The molecule has 1 N–H and O–H groups in total. The van der Waals surface area contributed by atoms with Crippen molar-refractivity contribution in [1.29, 1.82) is 0 Å². The Hall–Kier alpha value is -3.71. The van der Waals surface area contributed by atoms with E-state index in [4.69, 9.17) is 11.6 Å². The van der Waals surface area contributed by atoms with Crippen molar-refractivity contribution in [3.8, 4) is 0 Å². The molecule has 0 bridgehead atoms. The maximum absolute atomic E-state index is 13.9. The molecular weight excluding hydrogens is 490 g/mol. The van der Waals surface area contributed by atoms with Crippen molar-refractivity contribution >= 4 is 29.1 Å². The van der Waals surface area contributed by atoms with Crippen molar-refractivity contribution in [2.45, 2.75) is 57.2 Å². The Morgan fingerprint density at radius 3 is 2.24 bits per heavy atom. The van der Waals surface area contributed by atoms with Crippen molar-refractivity contribution < 1.29 is 14.5 Å². The van der Waals surface area contributed by atoms with Gasteiger partial charge >= 0.3 is 0 Å². The topological polar surface area (TPSA) is 92.6 Å². The summed E-state index contributed by atoms with van der Waals surface area (Å²) in [5.74, 6) is -0.601. The van der Waals surface area contributed by atoms with Gasteiger partial charge in [-0.25, -0.2) is 0 Å². The van der Waals surface area contributed by atoms with Gasteiger partial charge in [-0.05, 0) is 30.0 Å². The molecule has 0 unspecified atom stereocenters. The fourth-order valence-corrected chi connectivity index (χ4v) is 5.03. The highest BCUT2D eigenvalue weighted by atomic mass is 35.5. The highest BCUT2D eigenvalue weighted by Crippen LogP contribution is 2.25. The first-order chi connectivity index (χ1) is 17.9. The van der Waals surface area contributed by atoms with Gasteiger partial charge in [0.15, 0.2) is 0 Å². The minimum absolute atomic E-state index is 0.0817. The number of benzene rings is 3. The lowest BCUT2D eigenvalue weighted by molar-refractivity contribution is -0.385. The van der Waals surface area contributed by atoms with Crippen LogP contribution in [-0.4, -0.2) is 33.7 Å². The number of nitro benzene ring substituents is 1. The van der Waals surface area contributed by atoms with Gasteiger partial charge in [-0.3, -0.25) is 19.7 Å². The zero-order valence-electron chi connectivity index (χ0n) is 20.5. The molecule has 0 spiro atoms. The summed E-state index contributed by atoms with van der Waals surface area (Å²) in [6.45, 7) is 0.106. The number of hydrogen-bond donors (Lipinski definition) is 1. The normalized spacial score (nSPS) is 14.2. The van der Waals surface area contributed by atoms with Gasteiger partial charge in [0, 0.05) is 35.7 Å². The van der Waals surface area contributed by atoms with Crippen molar-refractivity contribution in [2.24, 2.45) is 0 Å². The summed E-state index contributed by atoms with van der Waals surface area (Å²) in [5, 5.41) is 15.2. The van der Waals surface area contributed by atoms with Crippen LogP contribution in [0.5, 0.6) is 0 Å². The first kappa shape index (κ1) is 26.4. The summed E-state index contributed by atoms with van der Waals surface area (Å²) in [6.07, 6.45) is 4.06. The predicted molar refractivity (Wildman–Crippen MR) is 143 cm³/mol. The van der Waals surface area contributed by atoms with E-state index in [1.165, 1.54) is 11.0 Å². The number of nitrogens with one attached hydrogen (secondary N) is 1. The van der Waals surface area contributed by atoms with Crippen LogP contribution in [0.2, 0.25) is 5.02 Å². The monoisotopic (exact) mass is 519 g/mol. The summed E-state index contributed by atoms with van der Waals surface area (Å²) in [6, 6.07) is 22.2. The molecule has 0 aromatic heterocycles. The third-order valence-corrected chi connectivity index (χ3v) is 7.17. The molecule has 7 nitrogen and oxygen atoms in total. The fourth-order valence-electron chi connectivity index (χ4n) is 4.83. The van der Waals surface area contributed by atoms with Gasteiger partial charge in [0.05, 0.1) is 11.3 Å². The van der Waals surface area contributed by atoms with Gasteiger partial charge in [0.1, 0.15) is 6.04 Å². The molecule has 8 heteroatoms. The molecule has 192 valence electrons. The molecule has 0 aliphatic heterocycles. The van der Waals surface area contributed by atoms with E-state index in [0.717, 1.165) is 31.2 Å². The van der Waals surface area contributed by atoms with Crippen molar-refractivity contribution in [3.63, 3.8) is 0 Å². The molecule has 1 aliphatic carbocycles. The van der Waals surface area contributed by atoms with E-state index in [0.29, 0.717) is 22.6 Å². The van der Waals surface area contributed by atoms with Gasteiger partial charge in [-0.15, -0.1) is 0 Å². The second-order valence-corrected chi connectivity index (χ2v) is 9.78. The number of rotatable bonds is 10. The van der Waals surface area contributed by atoms with Crippen LogP contribution in [0.1, 0.15) is 42.4 Å². The fraction of sp³-hybridized carbons (Fsp3) is 0.310. The Morgan fingerprint density at radius 1 is 0.946 bits per heavy atom. The van der Waals surface area contributed by atoms with E-state index in [2.05, 4.69) is 5.32 Å². The first-order valence-corrected chi connectivity index (χ1v) is 12.9. The van der Waals surface area contributed by atoms with E-state index in [1.807, 2.05) is 42.5 Å². The molecule has 1 saturated carbocycles. The summed E-state index contributed by atoms with van der Waals surface area (Å²) in [4.78, 5) is 40.2. The molecule has 0 radical (unpaired) electrons. The smallest absolute Gasteiger partial charge is 0.273 e. The van der Waals surface area contributed by atoms with Crippen LogP contribution in [0, 0.1) is 10.1 Å². The van der Waals surface area contributed by atoms with Gasteiger partial charge in [0.25, 0.3) is 5.69 Å². The van der Waals surface area contributed by atoms with Crippen molar-refractivity contribution in [1.82, 2.24) is 10.2 Å². The van der Waals surface area contributed by atoms with Crippen LogP contribution in [0.4, 0.5) is 5.69 Å². The van der Waals surface area contributed by atoms with Crippen molar-refractivity contribution in [2.75, 3.05) is 0 Å². The second kappa shape index (κ2) is 12.5. The van der Waals surface area contributed by atoms with Crippen LogP contribution in [0.3, 0.4) is 0 Å². The van der Waals surface area contributed by atoms with Gasteiger partial charge in [0.2, 0.25) is 11.8 Å². The standard InChI is InChI=1S/C29H30ClN3O4/c30-25-16-8-4-13-23(25)20-32(28(34)19-22-12-5-9-17-26(22)33(36)37)27(18-21-10-2-1-3-11-21)29(35)31-24-14-6-7-15-24/h1-5,8-13,16-17,24,27H,6-7,14-15,18-20H2,(H,31,35)/t27-/m0/s1. The third kappa shape index (κ3) is 6.95. The average molecular weight is 520 g/mol. The number of carbonyl (C=O) groups is 2. The van der Waals surface area contributed by atoms with E-state index in [9.17, 15) is 19.7 Å². The van der Waals surface area contributed by atoms with E-state index in [-0.39, 0.29) is 36.5 Å². The molecule has 3 aromatic carbocycles. The largest absolute Gasteiger partial charge is 0.352 e. The molecule has 1 aliphatic rings. The van der Waals surface area contributed by atoms with Gasteiger partial charge in [-0.2, -0.15) is 0 Å². The van der Waals surface area contributed by atoms with Crippen LogP contribution < -0.4 is 5.32 Å². The highest BCUT2D eigenvalue weighted by Gasteiger charge is 2.33. The minimum Gasteiger partial charge on any atom is -0.352 e. The Morgan fingerprint density at radius 2 is 1.57 bits per heavy atom. The SMILES string of the molecule is O=C(NC1CCCC1)[C@H](Cc1ccccc1)N(Cc1ccccc1Cl)C(=O)Cc1ccccc1[N+](=O)[O-]. The maximum Gasteiger partial charge on any atom is 0.273 e. The average Bonchev–Trinajstić information content (AvgIpc) is 3.41. The molecular formula is C29H30ClN3O4. The summed E-state index contributed by atoms with van der Waals surface area (Å²) < 4.78 is 0. The number of nitro groups is 1. The Balaban J connectivity index is 1.70. The molecule has 0 heterocycles. The number of hydrogen-bond acceptors (Lipinski definition) is 4. The van der Waals surface area contributed by atoms with Crippen LogP contribution >= 0.6 is 11.6 Å². The molecule has 3 aromatic rings. The molecule has 0 saturated heterocycles. The molecule has 2 amide bonds. The number of amides is 2. The zero-order valence-corrected chi connectivity index (χ0v) is 21.3. The third-order valence-electron chi connectivity index (χ3n) is 6.80. The Kier molecular flexibility index (Phi) is 8.90. The van der Waals surface area contributed by atoms with Gasteiger partial charge in [-0.1, -0.05) is 91.2 Å². The Labute approximate surface area is 221 Å². The predicted octanol–water partition coefficient (Wildman–Crippen LogP) is 5.49. The summed E-state index contributed by atoms with van der Waals surface area (Å²) in [5.41, 5.74) is 1.79. The number of nitrogens with zero attached hydrogens (tertiary/aromatic N) is 2. The van der Waals surface area contributed by atoms with Crippen LogP contribution in [0.25, 0.3) is 0 Å². The quantitative estimate of drug-likeness (QED) is 0.283. The first-order valence-electron chi connectivity index (χ1n) is 12.5. The Bertz CT molecular complexity index is 1240. The summed E-state index contributed by atoms with van der Waals surface area (Å²) in [7, 11) is 0. The van der Waals surface area contributed by atoms with E-state index >= 15 is 0 Å². The molecule has 4 rings (SSSR count). The number of halogens is 1. The summed E-state index contributed by atoms with van der Waals surface area (Å²) >= 11 is 6.45. The lowest BCUT2D eigenvalue weighted by Gasteiger charge is -2.32.